The molecule has 7 heteroatoms. The van der Waals surface area contributed by atoms with Crippen LogP contribution in [-0.2, 0) is 14.4 Å². The first-order chi connectivity index (χ1) is 9.15. The first-order valence-electron chi connectivity index (χ1n) is 6.23. The maximum Gasteiger partial charge on any atom is 0.248 e. The van der Waals surface area contributed by atoms with Gasteiger partial charge in [0.1, 0.15) is 12.5 Å². The highest BCUT2D eigenvalue weighted by atomic mass is 16.3. The van der Waals surface area contributed by atoms with Gasteiger partial charge in [0.05, 0.1) is 6.54 Å². The van der Waals surface area contributed by atoms with Gasteiger partial charge in [-0.3, -0.25) is 9.59 Å². The van der Waals surface area contributed by atoms with Crippen LogP contribution in [-0.4, -0.2) is 60.5 Å². The monoisotopic (exact) mass is 269 g/mol. The molecule has 0 radical (unpaired) electrons. The molecule has 0 fully saturated rings. The van der Waals surface area contributed by atoms with Crippen LogP contribution in [0.25, 0.3) is 0 Å². The lowest BCUT2D eigenvalue weighted by Crippen LogP contribution is -2.36. The van der Waals surface area contributed by atoms with E-state index >= 15 is 0 Å². The van der Waals surface area contributed by atoms with E-state index in [4.69, 9.17) is 0 Å². The van der Waals surface area contributed by atoms with E-state index in [1.807, 2.05) is 0 Å². The van der Waals surface area contributed by atoms with Gasteiger partial charge in [-0.25, -0.2) is 0 Å². The van der Waals surface area contributed by atoms with Crippen LogP contribution in [0.4, 0.5) is 0 Å². The quantitative estimate of drug-likeness (QED) is 0.345. The first kappa shape index (κ1) is 15.3. The normalized spacial score (nSPS) is 17.8. The summed E-state index contributed by atoms with van der Waals surface area (Å²) in [5.74, 6) is -0.340. The van der Waals surface area contributed by atoms with Crippen LogP contribution >= 0.6 is 0 Å². The van der Waals surface area contributed by atoms with Crippen molar-refractivity contribution in [3.63, 3.8) is 0 Å². The van der Waals surface area contributed by atoms with Crippen molar-refractivity contribution in [1.29, 1.82) is 0 Å². The van der Waals surface area contributed by atoms with E-state index in [1.54, 1.807) is 0 Å². The molecule has 0 saturated carbocycles. The van der Waals surface area contributed by atoms with Gasteiger partial charge in [-0.05, 0) is 12.5 Å². The summed E-state index contributed by atoms with van der Waals surface area (Å²) in [6, 6.07) is 0. The number of nitrogens with one attached hydrogen (secondary N) is 2. The van der Waals surface area contributed by atoms with Gasteiger partial charge in [0, 0.05) is 32.1 Å². The summed E-state index contributed by atoms with van der Waals surface area (Å²) in [5, 5.41) is 14.9. The lowest BCUT2D eigenvalue weighted by Gasteiger charge is -2.19. The van der Waals surface area contributed by atoms with Crippen LogP contribution in [0, 0.1) is 0 Å². The zero-order chi connectivity index (χ0) is 14.1. The molecule has 0 aromatic heterocycles. The molecule has 0 saturated heterocycles. The Morgan fingerprint density at radius 3 is 2.89 bits per heavy atom. The number of carbonyl (C=O) groups excluding carboxylic acids is 3. The van der Waals surface area contributed by atoms with Crippen molar-refractivity contribution in [3.8, 4) is 0 Å². The number of hydrogen-bond donors (Lipinski definition) is 3. The molecular formula is C12H19N3O4. The maximum atomic E-state index is 11.4. The van der Waals surface area contributed by atoms with E-state index in [0.717, 1.165) is 6.29 Å². The van der Waals surface area contributed by atoms with Gasteiger partial charge in [0.25, 0.3) is 0 Å². The fourth-order valence-corrected chi connectivity index (χ4v) is 1.69. The molecule has 0 aromatic carbocycles. The molecule has 1 atom stereocenters. The summed E-state index contributed by atoms with van der Waals surface area (Å²) in [4.78, 5) is 34.0. The van der Waals surface area contributed by atoms with Gasteiger partial charge < -0.3 is 25.4 Å². The van der Waals surface area contributed by atoms with Crippen molar-refractivity contribution < 1.29 is 19.5 Å². The number of amides is 2. The number of nitrogens with zero attached hydrogens (tertiary/aromatic N) is 1. The lowest BCUT2D eigenvalue weighted by molar-refractivity contribution is -0.131. The molecule has 106 valence electrons. The average molecular weight is 269 g/mol. The largest absolute Gasteiger partial charge is 0.370 e. The molecule has 1 aliphatic rings. The van der Waals surface area contributed by atoms with E-state index in [1.165, 1.54) is 17.1 Å². The highest BCUT2D eigenvalue weighted by Crippen LogP contribution is 2.09. The van der Waals surface area contributed by atoms with Crippen LogP contribution in [0.15, 0.2) is 12.2 Å². The van der Waals surface area contributed by atoms with Crippen LogP contribution in [0.3, 0.4) is 0 Å². The number of aliphatic hydroxyl groups is 1. The highest BCUT2D eigenvalue weighted by molar-refractivity contribution is 5.90. The van der Waals surface area contributed by atoms with Gasteiger partial charge in [0.2, 0.25) is 11.8 Å². The Morgan fingerprint density at radius 2 is 2.26 bits per heavy atom. The van der Waals surface area contributed by atoms with E-state index in [-0.39, 0.29) is 18.4 Å². The minimum absolute atomic E-state index is 0.109. The fourth-order valence-electron chi connectivity index (χ4n) is 1.69. The third kappa shape index (κ3) is 5.62. The van der Waals surface area contributed by atoms with Crippen molar-refractivity contribution in [3.05, 3.63) is 12.2 Å². The smallest absolute Gasteiger partial charge is 0.248 e. The zero-order valence-electron chi connectivity index (χ0n) is 10.7. The van der Waals surface area contributed by atoms with Gasteiger partial charge in [-0.15, -0.1) is 0 Å². The second-order valence-corrected chi connectivity index (χ2v) is 4.13. The van der Waals surface area contributed by atoms with Crippen LogP contribution in [0.2, 0.25) is 0 Å². The van der Waals surface area contributed by atoms with E-state index in [2.05, 4.69) is 10.6 Å². The average Bonchev–Trinajstić information content (AvgIpc) is 2.70. The fraction of sp³-hybridized carbons (Fsp3) is 0.583. The minimum atomic E-state index is -0.872. The Bertz CT molecular complexity index is 357. The number of aldehydes is 1. The predicted octanol–water partition coefficient (Wildman–Crippen LogP) is -1.61. The van der Waals surface area contributed by atoms with E-state index in [9.17, 15) is 19.5 Å². The first-order valence-corrected chi connectivity index (χ1v) is 6.23. The Balaban J connectivity index is 2.04. The van der Waals surface area contributed by atoms with Crippen molar-refractivity contribution in [1.82, 2.24) is 15.5 Å². The zero-order valence-corrected chi connectivity index (χ0v) is 10.7. The molecule has 3 N–H and O–H groups in total. The summed E-state index contributed by atoms with van der Waals surface area (Å²) in [6.07, 6.45) is 3.42. The number of rotatable bonds is 9. The second-order valence-electron chi connectivity index (χ2n) is 4.13. The van der Waals surface area contributed by atoms with Gasteiger partial charge in [0.15, 0.2) is 0 Å². The van der Waals surface area contributed by atoms with E-state index in [0.29, 0.717) is 32.5 Å². The Morgan fingerprint density at radius 1 is 1.47 bits per heavy atom. The maximum absolute atomic E-state index is 11.4. The van der Waals surface area contributed by atoms with Crippen molar-refractivity contribution in [2.75, 3.05) is 26.2 Å². The van der Waals surface area contributed by atoms with Crippen molar-refractivity contribution in [2.45, 2.75) is 19.1 Å². The van der Waals surface area contributed by atoms with Gasteiger partial charge in [-0.2, -0.15) is 0 Å². The van der Waals surface area contributed by atoms with Crippen molar-refractivity contribution >= 4 is 18.1 Å². The third-order valence-corrected chi connectivity index (χ3v) is 2.67. The molecule has 19 heavy (non-hydrogen) atoms. The lowest BCUT2D eigenvalue weighted by atomic mass is 10.2. The molecule has 0 aliphatic carbocycles. The Hall–Kier alpha value is -1.73. The Kier molecular flexibility index (Phi) is 6.76. The third-order valence-electron chi connectivity index (χ3n) is 2.67. The van der Waals surface area contributed by atoms with Gasteiger partial charge in [-0.1, -0.05) is 0 Å². The van der Waals surface area contributed by atoms with Crippen LogP contribution in [0.1, 0.15) is 12.8 Å². The number of carbonyl (C=O) groups is 3. The summed E-state index contributed by atoms with van der Waals surface area (Å²) in [5.41, 5.74) is 0. The molecule has 0 spiro atoms. The van der Waals surface area contributed by atoms with E-state index < -0.39 is 6.23 Å². The summed E-state index contributed by atoms with van der Waals surface area (Å²) in [6.45, 7) is 1.62. The summed E-state index contributed by atoms with van der Waals surface area (Å²) in [7, 11) is 0. The molecule has 1 rings (SSSR count). The van der Waals surface area contributed by atoms with Crippen LogP contribution < -0.4 is 10.6 Å². The standard InChI is InChI=1S/C12H19N3O4/c16-9-7-13-5-6-14-10(17)2-1-8-15-11(18)3-4-12(15)19/h3-4,9,11,13,18H,1-2,5-8H2,(H,14,17). The van der Waals surface area contributed by atoms with Crippen molar-refractivity contribution in [2.24, 2.45) is 0 Å². The highest BCUT2D eigenvalue weighted by Gasteiger charge is 2.22. The Labute approximate surface area is 111 Å². The molecule has 2 amide bonds. The second kappa shape index (κ2) is 8.39. The predicted molar refractivity (Wildman–Crippen MR) is 68.0 cm³/mol. The number of aliphatic hydroxyl groups excluding tert-OH is 1. The molecule has 1 aliphatic heterocycles. The minimum Gasteiger partial charge on any atom is -0.370 e. The summed E-state index contributed by atoms with van der Waals surface area (Å²) >= 11 is 0. The molecular weight excluding hydrogens is 250 g/mol. The summed E-state index contributed by atoms with van der Waals surface area (Å²) < 4.78 is 0. The van der Waals surface area contributed by atoms with Crippen LogP contribution in [0.5, 0.6) is 0 Å². The molecule has 7 nitrogen and oxygen atoms in total. The van der Waals surface area contributed by atoms with Gasteiger partial charge >= 0.3 is 0 Å². The molecule has 1 heterocycles. The molecule has 1 unspecified atom stereocenters. The number of hydrogen-bond acceptors (Lipinski definition) is 5. The topological polar surface area (TPSA) is 98.7 Å². The molecule has 0 aromatic rings. The molecule has 0 bridgehead atoms. The SMILES string of the molecule is O=CCNCCNC(=O)CCCN1C(=O)C=CC1O.